The Kier molecular flexibility index (Phi) is 3.98. The molecule has 1 aromatic carbocycles. The summed E-state index contributed by atoms with van der Waals surface area (Å²) in [5.74, 6) is 0. The molecule has 3 atom stereocenters. The number of nitro groups is 1. The van der Waals surface area contributed by atoms with E-state index in [1.165, 1.54) is 12.1 Å². The van der Waals surface area contributed by atoms with Crippen LogP contribution in [0.4, 0.5) is 11.4 Å². The molecule has 0 amide bonds. The van der Waals surface area contributed by atoms with E-state index in [9.17, 15) is 15.2 Å². The highest BCUT2D eigenvalue weighted by Gasteiger charge is 2.33. The molecule has 7 nitrogen and oxygen atoms in total. The minimum absolute atomic E-state index is 0.00893. The minimum atomic E-state index is -0.735. The zero-order valence-electron chi connectivity index (χ0n) is 10.4. The summed E-state index contributed by atoms with van der Waals surface area (Å²) in [7, 11) is 0. The van der Waals surface area contributed by atoms with Crippen LogP contribution < -0.4 is 5.32 Å². The second-order valence-electron chi connectivity index (χ2n) is 4.55. The molecular formula is C12H16N2O5. The van der Waals surface area contributed by atoms with E-state index in [1.54, 1.807) is 6.07 Å². The third-order valence-electron chi connectivity index (χ3n) is 3.15. The summed E-state index contributed by atoms with van der Waals surface area (Å²) in [5.41, 5.74) is 1.42. The highest BCUT2D eigenvalue weighted by Crippen LogP contribution is 2.26. The maximum absolute atomic E-state index is 10.7. The quantitative estimate of drug-likeness (QED) is 0.550. The van der Waals surface area contributed by atoms with Gasteiger partial charge in [-0.15, -0.1) is 0 Å². The van der Waals surface area contributed by atoms with Gasteiger partial charge >= 0.3 is 0 Å². The average Bonchev–Trinajstić information content (AvgIpc) is 2.72. The summed E-state index contributed by atoms with van der Waals surface area (Å²) >= 11 is 0. The fourth-order valence-electron chi connectivity index (χ4n) is 2.04. The number of aliphatic hydroxyl groups excluding tert-OH is 2. The molecule has 0 spiro atoms. The summed E-state index contributed by atoms with van der Waals surface area (Å²) in [5, 5.41) is 32.3. The van der Waals surface area contributed by atoms with E-state index in [-0.39, 0.29) is 12.3 Å². The van der Waals surface area contributed by atoms with Crippen LogP contribution in [-0.4, -0.2) is 40.2 Å². The molecule has 1 saturated heterocycles. The Bertz CT molecular complexity index is 479. The number of benzene rings is 1. The average molecular weight is 268 g/mol. The van der Waals surface area contributed by atoms with Crippen molar-refractivity contribution >= 4 is 11.4 Å². The maximum atomic E-state index is 10.7. The molecule has 0 radical (unpaired) electrons. The van der Waals surface area contributed by atoms with Crippen molar-refractivity contribution in [1.82, 2.24) is 0 Å². The molecule has 1 aromatic rings. The Morgan fingerprint density at radius 2 is 2.32 bits per heavy atom. The van der Waals surface area contributed by atoms with Crippen molar-refractivity contribution in [3.63, 3.8) is 0 Å². The van der Waals surface area contributed by atoms with Crippen molar-refractivity contribution in [3.05, 3.63) is 33.9 Å². The predicted molar refractivity (Wildman–Crippen MR) is 67.8 cm³/mol. The SMILES string of the molecule is Cc1ccc([N+](=O)[O-])cc1N[C@@H]1C[C@H](O)[C@H](CO)O1. The van der Waals surface area contributed by atoms with Gasteiger partial charge in [0.2, 0.25) is 0 Å². The van der Waals surface area contributed by atoms with Crippen LogP contribution in [-0.2, 0) is 4.74 Å². The third kappa shape index (κ3) is 3.01. The summed E-state index contributed by atoms with van der Waals surface area (Å²) in [4.78, 5) is 10.3. The fourth-order valence-corrected chi connectivity index (χ4v) is 2.04. The summed E-state index contributed by atoms with van der Waals surface area (Å²) in [6, 6.07) is 4.51. The van der Waals surface area contributed by atoms with Crippen molar-refractivity contribution in [2.24, 2.45) is 0 Å². The summed E-state index contributed by atoms with van der Waals surface area (Å²) in [6.45, 7) is 1.56. The summed E-state index contributed by atoms with van der Waals surface area (Å²) in [6.07, 6.45) is -1.49. The Morgan fingerprint density at radius 3 is 2.89 bits per heavy atom. The normalized spacial score (nSPS) is 26.4. The van der Waals surface area contributed by atoms with Gasteiger partial charge < -0.3 is 20.3 Å². The van der Waals surface area contributed by atoms with E-state index in [0.29, 0.717) is 12.1 Å². The van der Waals surface area contributed by atoms with E-state index in [2.05, 4.69) is 5.32 Å². The number of anilines is 1. The number of hydrogen-bond acceptors (Lipinski definition) is 6. The molecule has 19 heavy (non-hydrogen) atoms. The van der Waals surface area contributed by atoms with Gasteiger partial charge in [-0.3, -0.25) is 10.1 Å². The molecule has 0 bridgehead atoms. The van der Waals surface area contributed by atoms with Crippen LogP contribution >= 0.6 is 0 Å². The maximum Gasteiger partial charge on any atom is 0.271 e. The molecule has 0 aliphatic carbocycles. The molecule has 0 saturated carbocycles. The van der Waals surface area contributed by atoms with Crippen LogP contribution in [0.25, 0.3) is 0 Å². The first-order chi connectivity index (χ1) is 9.01. The molecule has 1 heterocycles. The van der Waals surface area contributed by atoms with E-state index < -0.39 is 23.4 Å². The van der Waals surface area contributed by atoms with Crippen LogP contribution in [0.15, 0.2) is 18.2 Å². The largest absolute Gasteiger partial charge is 0.394 e. The van der Waals surface area contributed by atoms with Crippen molar-refractivity contribution in [1.29, 1.82) is 0 Å². The Labute approximate surface area is 110 Å². The van der Waals surface area contributed by atoms with Crippen molar-refractivity contribution < 1.29 is 19.9 Å². The monoisotopic (exact) mass is 268 g/mol. The zero-order valence-corrected chi connectivity index (χ0v) is 10.4. The van der Waals surface area contributed by atoms with Gasteiger partial charge in [-0.1, -0.05) is 6.07 Å². The van der Waals surface area contributed by atoms with Crippen LogP contribution in [0, 0.1) is 17.0 Å². The van der Waals surface area contributed by atoms with Gasteiger partial charge in [0.25, 0.3) is 5.69 Å². The Morgan fingerprint density at radius 1 is 1.58 bits per heavy atom. The van der Waals surface area contributed by atoms with E-state index in [0.717, 1.165) is 5.56 Å². The summed E-state index contributed by atoms with van der Waals surface area (Å²) < 4.78 is 5.40. The van der Waals surface area contributed by atoms with E-state index in [4.69, 9.17) is 9.84 Å². The lowest BCUT2D eigenvalue weighted by Gasteiger charge is -2.16. The van der Waals surface area contributed by atoms with Crippen LogP contribution in [0.1, 0.15) is 12.0 Å². The molecule has 0 unspecified atom stereocenters. The number of aryl methyl sites for hydroxylation is 1. The lowest BCUT2D eigenvalue weighted by Crippen LogP contribution is -2.25. The molecular weight excluding hydrogens is 252 g/mol. The Balaban J connectivity index is 2.11. The van der Waals surface area contributed by atoms with Crippen molar-refractivity contribution in [2.45, 2.75) is 31.8 Å². The van der Waals surface area contributed by atoms with Gasteiger partial charge in [0, 0.05) is 24.2 Å². The third-order valence-corrected chi connectivity index (χ3v) is 3.15. The predicted octanol–water partition coefficient (Wildman–Crippen LogP) is 0.783. The van der Waals surface area contributed by atoms with Gasteiger partial charge in [0.1, 0.15) is 12.3 Å². The van der Waals surface area contributed by atoms with E-state index >= 15 is 0 Å². The molecule has 104 valence electrons. The van der Waals surface area contributed by atoms with Crippen LogP contribution in [0.2, 0.25) is 0 Å². The molecule has 1 aliphatic rings. The second-order valence-corrected chi connectivity index (χ2v) is 4.55. The standard InChI is InChI=1S/C12H16N2O5/c1-7-2-3-8(14(17)18)4-9(7)13-12-5-10(16)11(6-15)19-12/h2-4,10-13,15-16H,5-6H2,1H3/t10-,11-,12-/m0/s1. The molecule has 2 rings (SSSR count). The van der Waals surface area contributed by atoms with Gasteiger partial charge in [0.05, 0.1) is 17.6 Å². The number of nitro benzene ring substituents is 1. The Hall–Kier alpha value is -1.70. The van der Waals surface area contributed by atoms with Crippen LogP contribution in [0.3, 0.4) is 0 Å². The molecule has 1 aliphatic heterocycles. The van der Waals surface area contributed by atoms with Crippen molar-refractivity contribution in [2.75, 3.05) is 11.9 Å². The number of non-ortho nitro benzene ring substituents is 1. The van der Waals surface area contributed by atoms with Gasteiger partial charge in [-0.05, 0) is 12.5 Å². The lowest BCUT2D eigenvalue weighted by molar-refractivity contribution is -0.384. The minimum Gasteiger partial charge on any atom is -0.394 e. The van der Waals surface area contributed by atoms with Crippen molar-refractivity contribution in [3.8, 4) is 0 Å². The lowest BCUT2D eigenvalue weighted by atomic mass is 10.1. The number of ether oxygens (including phenoxy) is 1. The molecule has 0 aromatic heterocycles. The smallest absolute Gasteiger partial charge is 0.271 e. The van der Waals surface area contributed by atoms with Gasteiger partial charge in [-0.2, -0.15) is 0 Å². The number of hydrogen-bond donors (Lipinski definition) is 3. The first-order valence-corrected chi connectivity index (χ1v) is 5.97. The number of aliphatic hydroxyl groups is 2. The first kappa shape index (κ1) is 13.7. The van der Waals surface area contributed by atoms with Gasteiger partial charge in [-0.25, -0.2) is 0 Å². The molecule has 1 fully saturated rings. The molecule has 3 N–H and O–H groups in total. The number of rotatable bonds is 4. The highest BCUT2D eigenvalue weighted by atomic mass is 16.6. The van der Waals surface area contributed by atoms with E-state index in [1.807, 2.05) is 6.92 Å². The first-order valence-electron chi connectivity index (χ1n) is 5.97. The fraction of sp³-hybridized carbons (Fsp3) is 0.500. The molecule has 7 heteroatoms. The topological polar surface area (TPSA) is 105 Å². The van der Waals surface area contributed by atoms with Crippen LogP contribution in [0.5, 0.6) is 0 Å². The number of nitrogens with zero attached hydrogens (tertiary/aromatic N) is 1. The zero-order chi connectivity index (χ0) is 14.0. The number of nitrogens with one attached hydrogen (secondary N) is 1. The van der Waals surface area contributed by atoms with Gasteiger partial charge in [0.15, 0.2) is 0 Å². The second kappa shape index (κ2) is 5.52. The highest BCUT2D eigenvalue weighted by molar-refractivity contribution is 5.57.